The maximum absolute atomic E-state index is 5.44. The van der Waals surface area contributed by atoms with Crippen LogP contribution in [0.25, 0.3) is 0 Å². The summed E-state index contributed by atoms with van der Waals surface area (Å²) < 4.78 is 16.3. The fourth-order valence-electron chi connectivity index (χ4n) is 0.905. The van der Waals surface area contributed by atoms with E-state index in [2.05, 4.69) is 12.0 Å². The Hall–Kier alpha value is 0.0138. The Kier molecular flexibility index (Phi) is 13.0. The topological polar surface area (TPSA) is 53.7 Å². The molecule has 0 aromatic heterocycles. The highest BCUT2D eigenvalue weighted by Crippen LogP contribution is 2.10. The molecule has 0 saturated carbocycles. The summed E-state index contributed by atoms with van der Waals surface area (Å²) in [6.45, 7) is 11.2. The Bertz CT molecular complexity index is 119. The zero-order chi connectivity index (χ0) is 11.4. The van der Waals surface area contributed by atoms with Gasteiger partial charge in [-0.2, -0.15) is 0 Å². The fraction of sp³-hybridized carbons (Fsp3) is 0.750. The van der Waals surface area contributed by atoms with Crippen LogP contribution in [0.5, 0.6) is 0 Å². The molecule has 0 unspecified atom stereocenters. The minimum Gasteiger partial charge on any atom is -0.371 e. The van der Waals surface area contributed by atoms with Gasteiger partial charge < -0.3 is 18.7 Å². The molecule has 0 heterocycles. The van der Waals surface area contributed by atoms with E-state index in [1.165, 1.54) is 0 Å². The Labute approximate surface area is 91.3 Å². The monoisotopic (exact) mass is 237 g/mol. The first-order valence-corrected chi connectivity index (χ1v) is 7.83. The Morgan fingerprint density at radius 1 is 1.07 bits per heavy atom. The molecule has 0 atom stereocenters. The first kappa shape index (κ1) is 16.4. The third-order valence-electron chi connectivity index (χ3n) is 1.29. The quantitative estimate of drug-likeness (QED) is 0.633. The lowest BCUT2D eigenvalue weighted by atomic mass is 10.9. The van der Waals surface area contributed by atoms with Gasteiger partial charge in [0.15, 0.2) is 0 Å². The highest BCUT2D eigenvalue weighted by Gasteiger charge is 2.36. The molecular formula is C8H23NO3Si2. The average Bonchev–Trinajstić information content (AvgIpc) is 2.22. The van der Waals surface area contributed by atoms with Gasteiger partial charge in [-0.25, -0.2) is 0 Å². The minimum atomic E-state index is -2.51. The molecule has 0 aliphatic carbocycles. The summed E-state index contributed by atoms with van der Waals surface area (Å²) in [4.78, 5) is 0. The summed E-state index contributed by atoms with van der Waals surface area (Å²) in [5.74, 6) is 0. The van der Waals surface area contributed by atoms with Gasteiger partial charge in [0.25, 0.3) is 0 Å². The van der Waals surface area contributed by atoms with Crippen molar-refractivity contribution in [3.63, 3.8) is 0 Å². The molecule has 86 valence electrons. The largest absolute Gasteiger partial charge is 0.528 e. The first-order valence-electron chi connectivity index (χ1n) is 4.87. The molecule has 0 bridgehead atoms. The van der Waals surface area contributed by atoms with Crippen LogP contribution in [0.4, 0.5) is 0 Å². The Balaban J connectivity index is 0. The molecule has 14 heavy (non-hydrogen) atoms. The number of rotatable bonds is 7. The molecule has 0 amide bonds. The van der Waals surface area contributed by atoms with Crippen molar-refractivity contribution >= 4 is 19.2 Å². The summed E-state index contributed by atoms with van der Waals surface area (Å²) in [6.07, 6.45) is 0. The molecule has 4 nitrogen and oxygen atoms in total. The summed E-state index contributed by atoms with van der Waals surface area (Å²) in [5.41, 5.74) is 1.67. The second-order valence-corrected chi connectivity index (χ2v) is 4.59. The van der Waals surface area contributed by atoms with Crippen molar-refractivity contribution < 1.29 is 13.3 Å². The van der Waals surface area contributed by atoms with E-state index >= 15 is 0 Å². The van der Waals surface area contributed by atoms with Crippen LogP contribution in [0.3, 0.4) is 0 Å². The molecule has 6 heteroatoms. The van der Waals surface area contributed by atoms with Crippen LogP contribution < -0.4 is 5.40 Å². The van der Waals surface area contributed by atoms with Crippen molar-refractivity contribution in [3.8, 4) is 0 Å². The SMILES string of the molecule is C=C[Si](OCC)(OCC)OCC.N[SiH3]. The predicted molar refractivity (Wildman–Crippen MR) is 65.0 cm³/mol. The Morgan fingerprint density at radius 3 is 1.50 bits per heavy atom. The summed E-state index contributed by atoms with van der Waals surface area (Å²) >= 11 is 0. The first-order chi connectivity index (χ1) is 6.74. The highest BCUT2D eigenvalue weighted by molar-refractivity contribution is 6.66. The van der Waals surface area contributed by atoms with Gasteiger partial charge in [0.1, 0.15) is 0 Å². The van der Waals surface area contributed by atoms with Gasteiger partial charge in [0.2, 0.25) is 0 Å². The lowest BCUT2D eigenvalue weighted by molar-refractivity contribution is 0.0844. The number of hydrogen-bond acceptors (Lipinski definition) is 4. The molecule has 0 saturated heterocycles. The third-order valence-corrected chi connectivity index (χ3v) is 3.86. The number of hydrogen-bond donors (Lipinski definition) is 1. The van der Waals surface area contributed by atoms with Gasteiger partial charge >= 0.3 is 8.80 Å². The molecule has 0 spiro atoms. The van der Waals surface area contributed by atoms with Crippen LogP contribution in [0.1, 0.15) is 20.8 Å². The van der Waals surface area contributed by atoms with E-state index in [0.717, 1.165) is 10.4 Å². The second-order valence-electron chi connectivity index (χ2n) is 2.11. The van der Waals surface area contributed by atoms with Crippen LogP contribution >= 0.6 is 0 Å². The molecule has 0 aromatic rings. The van der Waals surface area contributed by atoms with Crippen LogP contribution in [0, 0.1) is 0 Å². The van der Waals surface area contributed by atoms with E-state index in [0.29, 0.717) is 19.8 Å². The highest BCUT2D eigenvalue weighted by atomic mass is 28.4. The van der Waals surface area contributed by atoms with Crippen molar-refractivity contribution in [1.82, 2.24) is 0 Å². The van der Waals surface area contributed by atoms with Crippen LogP contribution in [-0.2, 0) is 13.3 Å². The summed E-state index contributed by atoms with van der Waals surface area (Å²) in [5, 5.41) is 4.64. The smallest absolute Gasteiger partial charge is 0.371 e. The van der Waals surface area contributed by atoms with E-state index in [-0.39, 0.29) is 0 Å². The van der Waals surface area contributed by atoms with E-state index in [4.69, 9.17) is 13.3 Å². The van der Waals surface area contributed by atoms with Crippen LogP contribution in [0.2, 0.25) is 0 Å². The summed E-state index contributed by atoms with van der Waals surface area (Å²) in [7, 11) is -1.70. The Morgan fingerprint density at radius 2 is 1.36 bits per heavy atom. The van der Waals surface area contributed by atoms with Gasteiger partial charge in [-0.3, -0.25) is 0 Å². The molecular weight excluding hydrogens is 214 g/mol. The van der Waals surface area contributed by atoms with Crippen molar-refractivity contribution in [3.05, 3.63) is 12.3 Å². The lowest BCUT2D eigenvalue weighted by Crippen LogP contribution is -2.44. The molecule has 0 rings (SSSR count). The lowest BCUT2D eigenvalue weighted by Gasteiger charge is -2.24. The fourth-order valence-corrected chi connectivity index (χ4v) is 2.72. The second kappa shape index (κ2) is 11.1. The van der Waals surface area contributed by atoms with E-state index in [1.54, 1.807) is 5.70 Å². The van der Waals surface area contributed by atoms with Gasteiger partial charge in [-0.15, -0.1) is 0 Å². The summed E-state index contributed by atoms with van der Waals surface area (Å²) in [6, 6.07) is 0. The molecule has 2 N–H and O–H groups in total. The van der Waals surface area contributed by atoms with Gasteiger partial charge in [-0.05, 0) is 26.5 Å². The normalized spacial score (nSPS) is 10.6. The van der Waals surface area contributed by atoms with E-state index in [1.807, 2.05) is 20.8 Å². The minimum absolute atomic E-state index is 0.595. The zero-order valence-corrected chi connectivity index (χ0v) is 12.7. The number of nitrogens with two attached hydrogens (primary N) is 1. The molecule has 0 aliphatic rings. The zero-order valence-electron chi connectivity index (χ0n) is 9.71. The van der Waals surface area contributed by atoms with Gasteiger partial charge in [0, 0.05) is 19.8 Å². The van der Waals surface area contributed by atoms with Crippen molar-refractivity contribution in [1.29, 1.82) is 0 Å². The van der Waals surface area contributed by atoms with E-state index < -0.39 is 8.80 Å². The van der Waals surface area contributed by atoms with Gasteiger partial charge in [-0.1, -0.05) is 6.58 Å². The van der Waals surface area contributed by atoms with Crippen molar-refractivity contribution in [2.24, 2.45) is 5.40 Å². The maximum atomic E-state index is 5.44. The van der Waals surface area contributed by atoms with Gasteiger partial charge in [0.05, 0.1) is 10.4 Å². The van der Waals surface area contributed by atoms with Crippen molar-refractivity contribution in [2.45, 2.75) is 20.8 Å². The van der Waals surface area contributed by atoms with Crippen LogP contribution in [0.15, 0.2) is 12.3 Å². The van der Waals surface area contributed by atoms with Crippen molar-refractivity contribution in [2.75, 3.05) is 19.8 Å². The standard InChI is InChI=1S/C8H18O3Si.H5NSi/c1-5-9-12(8-4,10-6-2)11-7-3;1-2/h8H,4-7H2,1-3H3;1H2,2H3. The molecule has 0 fully saturated rings. The molecule has 0 aromatic carbocycles. The molecule has 0 aliphatic heterocycles. The van der Waals surface area contributed by atoms with Crippen LogP contribution in [-0.4, -0.2) is 39.0 Å². The average molecular weight is 237 g/mol. The van der Waals surface area contributed by atoms with E-state index in [9.17, 15) is 0 Å². The predicted octanol–water partition coefficient (Wildman–Crippen LogP) is -0.0145. The maximum Gasteiger partial charge on any atom is 0.528 e. The third kappa shape index (κ3) is 6.47. The molecule has 0 radical (unpaired) electrons.